The van der Waals surface area contributed by atoms with E-state index in [9.17, 15) is 0 Å². The van der Waals surface area contributed by atoms with Crippen molar-refractivity contribution in [3.63, 3.8) is 0 Å². The van der Waals surface area contributed by atoms with Gasteiger partial charge in [-0.2, -0.15) is 0 Å². The van der Waals surface area contributed by atoms with E-state index in [4.69, 9.17) is 0 Å². The lowest BCUT2D eigenvalue weighted by Gasteiger charge is -2.19. The molecule has 2 aliphatic rings. The Labute approximate surface area is 97.0 Å². The lowest BCUT2D eigenvalue weighted by molar-refractivity contribution is 0.940. The Morgan fingerprint density at radius 2 is 1.38 bits per heavy atom. The van der Waals surface area contributed by atoms with Gasteiger partial charge < -0.3 is 0 Å². The quantitative estimate of drug-likeness (QED) is 0.607. The van der Waals surface area contributed by atoms with Gasteiger partial charge in [0.15, 0.2) is 0 Å². The third-order valence-electron chi connectivity index (χ3n) is 3.49. The van der Waals surface area contributed by atoms with Crippen molar-refractivity contribution < 1.29 is 0 Å². The first-order valence-corrected chi connectivity index (χ1v) is 5.98. The Balaban J connectivity index is 2.02. The van der Waals surface area contributed by atoms with Gasteiger partial charge in [0, 0.05) is 0 Å². The molecule has 0 nitrogen and oxygen atoms in total. The summed E-state index contributed by atoms with van der Waals surface area (Å²) in [6, 6.07) is 8.79. The molecule has 80 valence electrons. The predicted octanol–water partition coefficient (Wildman–Crippen LogP) is 3.84. The number of rotatable bonds is 0. The van der Waals surface area contributed by atoms with Gasteiger partial charge in [-0.3, -0.25) is 0 Å². The van der Waals surface area contributed by atoms with Gasteiger partial charge in [0.25, 0.3) is 0 Å². The molecule has 0 spiro atoms. The summed E-state index contributed by atoms with van der Waals surface area (Å²) in [5.74, 6) is 0.564. The molecule has 3 rings (SSSR count). The standard InChI is InChI=1S/C16H16/c1-12-6-8-15-10-13-4-2-3-5-14(13)11-16(15)9-7-12/h2-9,12H,10-11H2,1H3. The molecule has 0 N–H and O–H groups in total. The minimum Gasteiger partial charge on any atom is -0.0776 e. The Morgan fingerprint density at radius 1 is 0.875 bits per heavy atom. The molecule has 0 saturated heterocycles. The SMILES string of the molecule is CC1C=CC2=C(C=C1)Cc1ccccc1C2. The van der Waals surface area contributed by atoms with E-state index < -0.39 is 0 Å². The molecule has 1 aromatic carbocycles. The zero-order valence-corrected chi connectivity index (χ0v) is 9.61. The Kier molecular flexibility index (Phi) is 2.28. The molecule has 0 bridgehead atoms. The van der Waals surface area contributed by atoms with Crippen molar-refractivity contribution in [1.29, 1.82) is 0 Å². The summed E-state index contributed by atoms with van der Waals surface area (Å²) >= 11 is 0. The number of hydrogen-bond donors (Lipinski definition) is 0. The molecule has 0 aromatic heterocycles. The van der Waals surface area contributed by atoms with E-state index in [2.05, 4.69) is 55.5 Å². The van der Waals surface area contributed by atoms with Crippen molar-refractivity contribution in [2.24, 2.45) is 5.92 Å². The van der Waals surface area contributed by atoms with Crippen LogP contribution >= 0.6 is 0 Å². The smallest absolute Gasteiger partial charge is 0.00202 e. The predicted molar refractivity (Wildman–Crippen MR) is 68.3 cm³/mol. The first-order chi connectivity index (χ1) is 7.83. The molecule has 0 saturated carbocycles. The number of benzene rings is 1. The van der Waals surface area contributed by atoms with Crippen LogP contribution in [0, 0.1) is 5.92 Å². The summed E-state index contributed by atoms with van der Waals surface area (Å²) in [4.78, 5) is 0. The van der Waals surface area contributed by atoms with E-state index in [0.29, 0.717) is 5.92 Å². The highest BCUT2D eigenvalue weighted by atomic mass is 14.2. The minimum atomic E-state index is 0.564. The highest BCUT2D eigenvalue weighted by molar-refractivity contribution is 5.49. The maximum absolute atomic E-state index is 2.32. The molecule has 0 amide bonds. The van der Waals surface area contributed by atoms with Gasteiger partial charge in [0.1, 0.15) is 0 Å². The van der Waals surface area contributed by atoms with Gasteiger partial charge in [-0.25, -0.2) is 0 Å². The van der Waals surface area contributed by atoms with Crippen LogP contribution in [0.5, 0.6) is 0 Å². The Morgan fingerprint density at radius 3 is 1.88 bits per heavy atom. The van der Waals surface area contributed by atoms with Gasteiger partial charge >= 0.3 is 0 Å². The number of allylic oxidation sites excluding steroid dienone is 6. The first kappa shape index (κ1) is 9.65. The molecule has 0 heteroatoms. The second-order valence-corrected chi connectivity index (χ2v) is 4.75. The summed E-state index contributed by atoms with van der Waals surface area (Å²) in [7, 11) is 0. The second-order valence-electron chi connectivity index (χ2n) is 4.75. The molecule has 16 heavy (non-hydrogen) atoms. The topological polar surface area (TPSA) is 0 Å². The van der Waals surface area contributed by atoms with Gasteiger partial charge in [-0.05, 0) is 41.0 Å². The van der Waals surface area contributed by atoms with Crippen LogP contribution in [-0.2, 0) is 12.8 Å². The Hall–Kier alpha value is -1.56. The zero-order chi connectivity index (χ0) is 11.0. The van der Waals surface area contributed by atoms with E-state index >= 15 is 0 Å². The number of fused-ring (bicyclic) bond motifs is 1. The van der Waals surface area contributed by atoms with Crippen molar-refractivity contribution in [1.82, 2.24) is 0 Å². The lowest BCUT2D eigenvalue weighted by atomic mass is 9.86. The summed E-state index contributed by atoms with van der Waals surface area (Å²) in [6.45, 7) is 2.23. The molecule has 0 unspecified atom stereocenters. The average molecular weight is 208 g/mol. The van der Waals surface area contributed by atoms with E-state index in [-0.39, 0.29) is 0 Å². The highest BCUT2D eigenvalue weighted by Gasteiger charge is 2.15. The molecule has 0 heterocycles. The molecule has 0 atom stereocenters. The van der Waals surface area contributed by atoms with Crippen molar-refractivity contribution in [2.75, 3.05) is 0 Å². The second kappa shape index (κ2) is 3.79. The van der Waals surface area contributed by atoms with Gasteiger partial charge in [0.2, 0.25) is 0 Å². The van der Waals surface area contributed by atoms with E-state index in [1.54, 1.807) is 0 Å². The van der Waals surface area contributed by atoms with Crippen LogP contribution in [0.2, 0.25) is 0 Å². The third-order valence-corrected chi connectivity index (χ3v) is 3.49. The fourth-order valence-corrected chi connectivity index (χ4v) is 2.47. The summed E-state index contributed by atoms with van der Waals surface area (Å²) in [5, 5.41) is 0. The molecular formula is C16H16. The van der Waals surface area contributed by atoms with Crippen LogP contribution in [0.25, 0.3) is 0 Å². The van der Waals surface area contributed by atoms with Crippen LogP contribution < -0.4 is 0 Å². The summed E-state index contributed by atoms with van der Waals surface area (Å²) < 4.78 is 0. The fraction of sp³-hybridized carbons (Fsp3) is 0.250. The summed E-state index contributed by atoms with van der Waals surface area (Å²) in [6.07, 6.45) is 11.4. The van der Waals surface area contributed by atoms with Crippen LogP contribution in [0.1, 0.15) is 18.1 Å². The van der Waals surface area contributed by atoms with E-state index in [1.165, 1.54) is 22.3 Å². The summed E-state index contributed by atoms with van der Waals surface area (Å²) in [5.41, 5.74) is 5.99. The highest BCUT2D eigenvalue weighted by Crippen LogP contribution is 2.29. The van der Waals surface area contributed by atoms with Gasteiger partial charge in [-0.15, -0.1) is 0 Å². The molecule has 2 aliphatic carbocycles. The van der Waals surface area contributed by atoms with Crippen LogP contribution in [0.4, 0.5) is 0 Å². The first-order valence-electron chi connectivity index (χ1n) is 5.98. The monoisotopic (exact) mass is 208 g/mol. The maximum Gasteiger partial charge on any atom is -0.00202 e. The minimum absolute atomic E-state index is 0.564. The molecular weight excluding hydrogens is 192 g/mol. The van der Waals surface area contributed by atoms with E-state index in [1.807, 2.05) is 0 Å². The van der Waals surface area contributed by atoms with Crippen LogP contribution in [0.3, 0.4) is 0 Å². The lowest BCUT2D eigenvalue weighted by Crippen LogP contribution is -2.06. The average Bonchev–Trinajstić information content (AvgIpc) is 2.49. The van der Waals surface area contributed by atoms with Crippen molar-refractivity contribution >= 4 is 0 Å². The largest absolute Gasteiger partial charge is 0.0776 e. The molecule has 0 fully saturated rings. The normalized spacial score (nSPS) is 19.3. The molecule has 0 aliphatic heterocycles. The fourth-order valence-electron chi connectivity index (χ4n) is 2.47. The third kappa shape index (κ3) is 1.65. The van der Waals surface area contributed by atoms with Crippen molar-refractivity contribution in [3.05, 3.63) is 70.8 Å². The van der Waals surface area contributed by atoms with Crippen LogP contribution in [-0.4, -0.2) is 0 Å². The molecule has 0 radical (unpaired) electrons. The van der Waals surface area contributed by atoms with Gasteiger partial charge in [-0.1, -0.05) is 55.5 Å². The van der Waals surface area contributed by atoms with Gasteiger partial charge in [0.05, 0.1) is 0 Å². The van der Waals surface area contributed by atoms with Crippen molar-refractivity contribution in [2.45, 2.75) is 19.8 Å². The zero-order valence-electron chi connectivity index (χ0n) is 9.61. The maximum atomic E-state index is 2.32. The van der Waals surface area contributed by atoms with E-state index in [0.717, 1.165) is 12.8 Å². The Bertz CT molecular complexity index is 456. The van der Waals surface area contributed by atoms with Crippen molar-refractivity contribution in [3.8, 4) is 0 Å². The number of hydrogen-bond acceptors (Lipinski definition) is 0. The van der Waals surface area contributed by atoms with Crippen LogP contribution in [0.15, 0.2) is 59.7 Å². The molecule has 1 aromatic rings.